The van der Waals surface area contributed by atoms with Crippen molar-refractivity contribution in [1.29, 1.82) is 0 Å². The summed E-state index contributed by atoms with van der Waals surface area (Å²) in [4.78, 5) is 17.5. The van der Waals surface area contributed by atoms with Gasteiger partial charge in [-0.1, -0.05) is 22.8 Å². The van der Waals surface area contributed by atoms with Gasteiger partial charge >= 0.3 is 5.97 Å². The van der Waals surface area contributed by atoms with Crippen molar-refractivity contribution in [2.75, 3.05) is 0 Å². The summed E-state index contributed by atoms with van der Waals surface area (Å²) in [5.74, 6) is -0.498. The maximum Gasteiger partial charge on any atom is 0.365 e. The molecule has 0 saturated carbocycles. The molecular weight excluding hydrogens is 270 g/mol. The Labute approximate surface area is 114 Å². The fourth-order valence-electron chi connectivity index (χ4n) is 1.28. The topological polar surface area (TPSA) is 38.7 Å². The van der Waals surface area contributed by atoms with E-state index in [1.165, 1.54) is 0 Å². The second kappa shape index (κ2) is 5.80. The number of hydrogen-bond donors (Lipinski definition) is 0. The first-order valence-electron chi connectivity index (χ1n) is 5.22. The molecule has 0 spiro atoms. The molecule has 1 aromatic heterocycles. The maximum absolute atomic E-state index is 11.7. The van der Waals surface area contributed by atoms with Crippen LogP contribution < -0.4 is 0 Å². The van der Waals surface area contributed by atoms with Gasteiger partial charge in [0.2, 0.25) is 0 Å². The molecule has 0 saturated heterocycles. The highest BCUT2D eigenvalue weighted by molar-refractivity contribution is 7.12. The van der Waals surface area contributed by atoms with Crippen molar-refractivity contribution < 1.29 is 9.63 Å². The van der Waals surface area contributed by atoms with Crippen LogP contribution in [-0.4, -0.2) is 11.7 Å². The minimum atomic E-state index is -0.498. The van der Waals surface area contributed by atoms with Crippen molar-refractivity contribution in [3.63, 3.8) is 0 Å². The number of nitrogens with zero attached hydrogens (tertiary/aromatic N) is 1. The van der Waals surface area contributed by atoms with E-state index in [9.17, 15) is 4.79 Å². The zero-order valence-electron chi connectivity index (χ0n) is 9.59. The molecular formula is C13H10ClNO2S. The van der Waals surface area contributed by atoms with Gasteiger partial charge in [0, 0.05) is 5.02 Å². The summed E-state index contributed by atoms with van der Waals surface area (Å²) in [6, 6.07) is 10.3. The van der Waals surface area contributed by atoms with E-state index in [0.29, 0.717) is 16.3 Å². The van der Waals surface area contributed by atoms with E-state index >= 15 is 0 Å². The number of carbonyl (C=O) groups excluding carboxylic acids is 1. The summed E-state index contributed by atoms with van der Waals surface area (Å²) in [6.45, 7) is 1.79. The van der Waals surface area contributed by atoms with Crippen LogP contribution in [0, 0.1) is 0 Å². The Kier molecular flexibility index (Phi) is 4.12. The molecule has 2 rings (SSSR count). The number of benzene rings is 1. The van der Waals surface area contributed by atoms with Crippen molar-refractivity contribution >= 4 is 34.6 Å². The first-order valence-corrected chi connectivity index (χ1v) is 6.48. The number of halogens is 1. The lowest BCUT2D eigenvalue weighted by molar-refractivity contribution is 0.0516. The molecule has 0 amide bonds. The van der Waals surface area contributed by atoms with Crippen LogP contribution in [0.4, 0.5) is 0 Å². The monoisotopic (exact) mass is 279 g/mol. The predicted octanol–water partition coefficient (Wildman–Crippen LogP) is 3.98. The van der Waals surface area contributed by atoms with Crippen LogP contribution in [0.25, 0.3) is 0 Å². The predicted molar refractivity (Wildman–Crippen MR) is 73.4 cm³/mol. The van der Waals surface area contributed by atoms with E-state index in [4.69, 9.17) is 16.4 Å². The van der Waals surface area contributed by atoms with Gasteiger partial charge < -0.3 is 4.84 Å². The van der Waals surface area contributed by atoms with Gasteiger partial charge in [0.05, 0.1) is 16.2 Å². The number of carbonyl (C=O) groups is 1. The molecule has 1 aromatic carbocycles. The Bertz CT molecular complexity index is 561. The zero-order valence-corrected chi connectivity index (χ0v) is 11.2. The minimum absolute atomic E-state index is 0.419. The molecule has 0 N–H and O–H groups in total. The smallest absolute Gasteiger partial charge is 0.313 e. The van der Waals surface area contributed by atoms with Crippen LogP contribution in [0.15, 0.2) is 46.9 Å². The van der Waals surface area contributed by atoms with E-state index in [2.05, 4.69) is 5.16 Å². The molecule has 0 aliphatic heterocycles. The average molecular weight is 280 g/mol. The normalized spacial score (nSPS) is 11.3. The van der Waals surface area contributed by atoms with E-state index in [0.717, 1.165) is 4.88 Å². The van der Waals surface area contributed by atoms with Crippen molar-refractivity contribution in [3.8, 4) is 0 Å². The molecule has 0 radical (unpaired) electrons. The van der Waals surface area contributed by atoms with E-state index < -0.39 is 5.97 Å². The lowest BCUT2D eigenvalue weighted by Crippen LogP contribution is -2.02. The summed E-state index contributed by atoms with van der Waals surface area (Å²) in [6.07, 6.45) is 0. The van der Waals surface area contributed by atoms with Gasteiger partial charge in [0.1, 0.15) is 0 Å². The number of oxime groups is 1. The SMILES string of the molecule is C/C(=N\OC(=O)c1ccc(Cl)cc1)c1cccs1. The van der Waals surface area contributed by atoms with Gasteiger partial charge in [0.25, 0.3) is 0 Å². The Morgan fingerprint density at radius 1 is 1.28 bits per heavy atom. The third kappa shape index (κ3) is 3.18. The standard InChI is InChI=1S/C13H10ClNO2S/c1-9(12-3-2-8-18-12)15-17-13(16)10-4-6-11(14)7-5-10/h2-8H,1H3/b15-9+. The molecule has 0 bridgehead atoms. The van der Waals surface area contributed by atoms with Crippen LogP contribution in [0.2, 0.25) is 5.02 Å². The van der Waals surface area contributed by atoms with Gasteiger partial charge in [-0.15, -0.1) is 11.3 Å². The molecule has 0 fully saturated rings. The van der Waals surface area contributed by atoms with Crippen molar-refractivity contribution in [2.45, 2.75) is 6.92 Å². The summed E-state index contributed by atoms with van der Waals surface area (Å²) in [5.41, 5.74) is 1.09. The van der Waals surface area contributed by atoms with Gasteiger partial charge in [0.15, 0.2) is 0 Å². The van der Waals surface area contributed by atoms with Gasteiger partial charge in [-0.3, -0.25) is 0 Å². The molecule has 1 heterocycles. The lowest BCUT2D eigenvalue weighted by Gasteiger charge is -1.99. The Morgan fingerprint density at radius 3 is 2.61 bits per heavy atom. The molecule has 0 unspecified atom stereocenters. The third-order valence-corrected chi connectivity index (χ3v) is 3.45. The first-order chi connectivity index (χ1) is 8.66. The Hall–Kier alpha value is -1.65. The van der Waals surface area contributed by atoms with Gasteiger partial charge in [-0.25, -0.2) is 4.79 Å². The highest BCUT2D eigenvalue weighted by Crippen LogP contribution is 2.12. The zero-order chi connectivity index (χ0) is 13.0. The fraction of sp³-hybridized carbons (Fsp3) is 0.0769. The molecule has 3 nitrogen and oxygen atoms in total. The number of rotatable bonds is 3. The number of hydrogen-bond acceptors (Lipinski definition) is 4. The molecule has 18 heavy (non-hydrogen) atoms. The minimum Gasteiger partial charge on any atom is -0.313 e. The molecule has 0 atom stereocenters. The van der Waals surface area contributed by atoms with Crippen LogP contribution in [0.5, 0.6) is 0 Å². The maximum atomic E-state index is 11.7. The number of thiophene rings is 1. The summed E-state index contributed by atoms with van der Waals surface area (Å²) >= 11 is 7.27. The fourth-order valence-corrected chi connectivity index (χ4v) is 2.07. The Morgan fingerprint density at radius 2 is 2.00 bits per heavy atom. The van der Waals surface area contributed by atoms with Crippen molar-refractivity contribution in [3.05, 3.63) is 57.2 Å². The Balaban J connectivity index is 2.04. The van der Waals surface area contributed by atoms with Gasteiger partial charge in [-0.05, 0) is 42.6 Å². The van der Waals surface area contributed by atoms with Crippen LogP contribution >= 0.6 is 22.9 Å². The average Bonchev–Trinajstić information content (AvgIpc) is 2.90. The highest BCUT2D eigenvalue weighted by atomic mass is 35.5. The highest BCUT2D eigenvalue weighted by Gasteiger charge is 2.07. The summed E-state index contributed by atoms with van der Waals surface area (Å²) in [7, 11) is 0. The largest absolute Gasteiger partial charge is 0.365 e. The first kappa shape index (κ1) is 12.8. The van der Waals surface area contributed by atoms with Crippen LogP contribution in [-0.2, 0) is 4.84 Å². The quantitative estimate of drug-likeness (QED) is 0.484. The van der Waals surface area contributed by atoms with E-state index in [1.807, 2.05) is 17.5 Å². The van der Waals surface area contributed by atoms with Crippen molar-refractivity contribution in [2.24, 2.45) is 5.16 Å². The van der Waals surface area contributed by atoms with Crippen molar-refractivity contribution in [1.82, 2.24) is 0 Å². The second-order valence-electron chi connectivity index (χ2n) is 3.54. The lowest BCUT2D eigenvalue weighted by atomic mass is 10.2. The molecule has 2 aromatic rings. The second-order valence-corrected chi connectivity index (χ2v) is 4.92. The third-order valence-electron chi connectivity index (χ3n) is 2.22. The van der Waals surface area contributed by atoms with Crippen LogP contribution in [0.3, 0.4) is 0 Å². The molecule has 5 heteroatoms. The van der Waals surface area contributed by atoms with Gasteiger partial charge in [-0.2, -0.15) is 0 Å². The molecule has 0 aliphatic carbocycles. The summed E-state index contributed by atoms with van der Waals surface area (Å²) < 4.78 is 0. The summed E-state index contributed by atoms with van der Waals surface area (Å²) in [5, 5.41) is 6.32. The molecule has 0 aliphatic rings. The van der Waals surface area contributed by atoms with E-state index in [-0.39, 0.29) is 0 Å². The van der Waals surface area contributed by atoms with Crippen LogP contribution in [0.1, 0.15) is 22.2 Å². The van der Waals surface area contributed by atoms with E-state index in [1.54, 1.807) is 42.5 Å². The molecule has 92 valence electrons.